The average molecular weight is 639 g/mol. The number of aromatic nitrogens is 1. The Balaban J connectivity index is 1.76. The molecule has 1 unspecified atom stereocenters. The summed E-state index contributed by atoms with van der Waals surface area (Å²) in [4.78, 5) is 40.5. The summed E-state index contributed by atoms with van der Waals surface area (Å²) < 4.78 is 10.5. The Morgan fingerprint density at radius 1 is 1.20 bits per heavy atom. The molecule has 1 aromatic rings. The molecule has 1 aliphatic heterocycles. The largest absolute Gasteiger partial charge is 0.455 e. The third-order valence-corrected chi connectivity index (χ3v) is 8.31. The number of carbonyl (C=O) groups excluding carboxylic acids is 3. The van der Waals surface area contributed by atoms with Crippen molar-refractivity contribution in [3.8, 4) is 0 Å². The first kappa shape index (κ1) is 37.6. The van der Waals surface area contributed by atoms with Crippen LogP contribution in [-0.2, 0) is 25.6 Å². The Hall–Kier alpha value is -3.56. The van der Waals surface area contributed by atoms with Crippen LogP contribution in [0.15, 0.2) is 83.0 Å². The van der Waals surface area contributed by atoms with E-state index in [9.17, 15) is 19.5 Å². The summed E-state index contributed by atoms with van der Waals surface area (Å²) in [6, 6.07) is 0. The molecule has 6 atom stereocenters. The van der Waals surface area contributed by atoms with Gasteiger partial charge in [-0.05, 0) is 69.1 Å². The number of carbonyl (C=O) groups is 3. The highest BCUT2D eigenvalue weighted by molar-refractivity contribution is 7.09. The van der Waals surface area contributed by atoms with Crippen molar-refractivity contribution in [1.29, 1.82) is 0 Å². The van der Waals surface area contributed by atoms with E-state index >= 15 is 0 Å². The lowest BCUT2D eigenvalue weighted by Gasteiger charge is -2.25. The number of aliphatic hydroxyl groups is 1. The van der Waals surface area contributed by atoms with Crippen LogP contribution >= 0.6 is 11.3 Å². The number of ketones is 1. The van der Waals surface area contributed by atoms with Gasteiger partial charge in [-0.2, -0.15) is 0 Å². The minimum atomic E-state index is -0.802. The maximum Gasteiger partial charge on any atom is 0.407 e. The highest BCUT2D eigenvalue weighted by Gasteiger charge is 2.27. The minimum absolute atomic E-state index is 0.0608. The second-order valence-electron chi connectivity index (χ2n) is 12.0. The number of thiazole rings is 1. The molecule has 9 heteroatoms. The lowest BCUT2D eigenvalue weighted by Crippen LogP contribution is -2.32. The van der Waals surface area contributed by atoms with Gasteiger partial charge in [0.1, 0.15) is 17.7 Å². The fraction of sp³-hybridized carbons (Fsp3) is 0.500. The van der Waals surface area contributed by atoms with Crippen molar-refractivity contribution in [3.63, 3.8) is 0 Å². The monoisotopic (exact) mass is 638 g/mol. The number of esters is 1. The van der Waals surface area contributed by atoms with Crippen molar-refractivity contribution in [2.45, 2.75) is 86.5 Å². The molecule has 45 heavy (non-hydrogen) atoms. The molecule has 2 heterocycles. The number of hydrogen-bond donors (Lipinski definition) is 2. The van der Waals surface area contributed by atoms with Crippen LogP contribution in [0.5, 0.6) is 0 Å². The van der Waals surface area contributed by atoms with E-state index in [0.29, 0.717) is 30.9 Å². The van der Waals surface area contributed by atoms with E-state index in [1.807, 2.05) is 70.4 Å². The molecule has 1 amide bonds. The molecule has 0 bridgehead atoms. The molecule has 0 saturated carbocycles. The second-order valence-corrected chi connectivity index (χ2v) is 13.0. The highest BCUT2D eigenvalue weighted by atomic mass is 32.1. The van der Waals surface area contributed by atoms with E-state index in [1.54, 1.807) is 13.1 Å². The van der Waals surface area contributed by atoms with Crippen molar-refractivity contribution >= 4 is 29.2 Å². The van der Waals surface area contributed by atoms with Gasteiger partial charge < -0.3 is 19.9 Å². The van der Waals surface area contributed by atoms with Crippen LogP contribution in [-0.4, -0.2) is 46.8 Å². The quantitative estimate of drug-likeness (QED) is 0.0788. The molecule has 1 aliphatic rings. The zero-order valence-electron chi connectivity index (χ0n) is 27.7. The minimum Gasteiger partial charge on any atom is -0.455 e. The fourth-order valence-corrected chi connectivity index (χ4v) is 5.60. The summed E-state index contributed by atoms with van der Waals surface area (Å²) >= 11 is 1.46. The summed E-state index contributed by atoms with van der Waals surface area (Å²) in [6.45, 7) is 14.1. The van der Waals surface area contributed by atoms with Crippen LogP contribution in [0, 0.1) is 23.7 Å². The van der Waals surface area contributed by atoms with Crippen LogP contribution in [0.1, 0.15) is 72.7 Å². The summed E-state index contributed by atoms with van der Waals surface area (Å²) in [5.74, 6) is -0.649. The summed E-state index contributed by atoms with van der Waals surface area (Å²) in [6.07, 6.45) is 19.7. The molecule has 0 spiro atoms. The number of cyclic esters (lactones) is 1. The number of amides is 1. The number of aliphatic hydroxyl groups excluding tert-OH is 1. The Bertz CT molecular complexity index is 1290. The number of allylic oxidation sites excluding steroid dienone is 8. The smallest absolute Gasteiger partial charge is 0.407 e. The van der Waals surface area contributed by atoms with Gasteiger partial charge in [0.05, 0.1) is 12.6 Å². The predicted molar refractivity (Wildman–Crippen MR) is 180 cm³/mol. The maximum absolute atomic E-state index is 13.1. The van der Waals surface area contributed by atoms with E-state index in [2.05, 4.69) is 35.5 Å². The molecule has 246 valence electrons. The first-order valence-corrected chi connectivity index (χ1v) is 16.5. The van der Waals surface area contributed by atoms with Crippen LogP contribution in [0.25, 0.3) is 0 Å². The first-order valence-electron chi connectivity index (χ1n) is 15.6. The number of alkyl carbamates (subject to hydrolysis) is 1. The van der Waals surface area contributed by atoms with Gasteiger partial charge in [-0.25, -0.2) is 14.6 Å². The summed E-state index contributed by atoms with van der Waals surface area (Å²) in [7, 11) is 0. The van der Waals surface area contributed by atoms with Crippen molar-refractivity contribution < 1.29 is 29.0 Å². The number of nitrogens with zero attached hydrogens (tertiary/aromatic N) is 1. The molecular formula is C36H50N2O6S. The van der Waals surface area contributed by atoms with Crippen molar-refractivity contribution in [2.75, 3.05) is 6.61 Å². The number of rotatable bonds is 17. The molecule has 0 saturated heterocycles. The van der Waals surface area contributed by atoms with Gasteiger partial charge in [0.15, 0.2) is 5.78 Å². The Labute approximate surface area is 272 Å². The average Bonchev–Trinajstić information content (AvgIpc) is 3.51. The Morgan fingerprint density at radius 3 is 2.64 bits per heavy atom. The first-order chi connectivity index (χ1) is 21.3. The molecule has 2 rings (SSSR count). The van der Waals surface area contributed by atoms with E-state index in [4.69, 9.17) is 9.47 Å². The molecule has 2 N–H and O–H groups in total. The molecule has 1 aromatic heterocycles. The van der Waals surface area contributed by atoms with E-state index < -0.39 is 18.1 Å². The lowest BCUT2D eigenvalue weighted by molar-refractivity contribution is -0.141. The summed E-state index contributed by atoms with van der Waals surface area (Å²) in [5, 5.41) is 16.2. The number of ether oxygens (including phenoxy) is 2. The second kappa shape index (κ2) is 19.7. The molecular weight excluding hydrogens is 588 g/mol. The highest BCUT2D eigenvalue weighted by Crippen LogP contribution is 2.23. The van der Waals surface area contributed by atoms with Gasteiger partial charge >= 0.3 is 12.1 Å². The lowest BCUT2D eigenvalue weighted by atomic mass is 9.84. The zero-order valence-corrected chi connectivity index (χ0v) is 28.5. The van der Waals surface area contributed by atoms with E-state index in [-0.39, 0.29) is 36.3 Å². The topological polar surface area (TPSA) is 115 Å². The van der Waals surface area contributed by atoms with E-state index in [0.717, 1.165) is 22.6 Å². The maximum atomic E-state index is 13.1. The van der Waals surface area contributed by atoms with Gasteiger partial charge in [0.25, 0.3) is 0 Å². The Morgan fingerprint density at radius 2 is 1.96 bits per heavy atom. The molecule has 0 fully saturated rings. The predicted octanol–water partition coefficient (Wildman–Crippen LogP) is 7.45. The van der Waals surface area contributed by atoms with Crippen LogP contribution in [0.3, 0.4) is 0 Å². The van der Waals surface area contributed by atoms with Crippen LogP contribution in [0.4, 0.5) is 4.79 Å². The fourth-order valence-electron chi connectivity index (χ4n) is 5.04. The number of hydrogen-bond acceptors (Lipinski definition) is 8. The zero-order chi connectivity index (χ0) is 33.4. The van der Waals surface area contributed by atoms with Crippen molar-refractivity contribution in [3.05, 3.63) is 88.0 Å². The third-order valence-electron chi connectivity index (χ3n) is 7.53. The third kappa shape index (κ3) is 14.8. The Kier molecular flexibility index (Phi) is 16.5. The van der Waals surface area contributed by atoms with E-state index in [1.165, 1.54) is 17.4 Å². The van der Waals surface area contributed by atoms with Crippen molar-refractivity contribution in [2.24, 2.45) is 23.7 Å². The normalized spacial score (nSPS) is 19.7. The van der Waals surface area contributed by atoms with Crippen LogP contribution < -0.4 is 5.32 Å². The SMILES string of the molecule is CC(C=C[C@H]1CC=CC(=O)O1)=C[C@H](C)CC=CC(C)C=C(C)C(=O)[C@@H](C)[C@H](O)[C@@H](C)CC(C)=CCOC(=O)NCc1nccs1. The molecule has 0 aromatic carbocycles. The van der Waals surface area contributed by atoms with Gasteiger partial charge in [-0.15, -0.1) is 11.3 Å². The van der Waals surface area contributed by atoms with Crippen molar-refractivity contribution in [1.82, 2.24) is 10.3 Å². The van der Waals surface area contributed by atoms with Gasteiger partial charge in [0, 0.05) is 30.0 Å². The standard InChI is InChI=1S/C36H50N2O6S/c1-24(20-26(3)14-15-31-12-9-13-33(39)44-31)10-8-11-25(2)21-28(5)34(40)30(7)35(41)29(6)22-27(4)16-18-43-36(42)38-23-32-37-17-19-45-32/h8-9,11,13-17,19-21,24-25,29-31,35,41H,10,12,18,22-23H2,1-7H3,(H,38,42)/t24-,25?,29+,30-,31-,35-/m1/s1. The van der Waals surface area contributed by atoms with Gasteiger partial charge in [-0.3, -0.25) is 4.79 Å². The number of nitrogens with one attached hydrogen (secondary N) is 1. The van der Waals surface area contributed by atoms with Crippen LogP contribution in [0.2, 0.25) is 0 Å². The van der Waals surface area contributed by atoms with Gasteiger partial charge in [-0.1, -0.05) is 75.3 Å². The molecule has 8 nitrogen and oxygen atoms in total. The molecule has 0 aliphatic carbocycles. The summed E-state index contributed by atoms with van der Waals surface area (Å²) in [5.41, 5.74) is 2.73. The number of Topliss-reactive ketones (excluding diaryl/α,β-unsaturated/α-hetero) is 1. The van der Waals surface area contributed by atoms with Gasteiger partial charge in [0.2, 0.25) is 0 Å². The molecule has 0 radical (unpaired) electrons.